The van der Waals surface area contributed by atoms with Crippen LogP contribution in [-0.4, -0.2) is 94.3 Å². The number of rotatable bonds is 12. The molecule has 1 unspecified atom stereocenters. The average molecular weight is 656 g/mol. The van der Waals surface area contributed by atoms with Crippen LogP contribution in [0.25, 0.3) is 0 Å². The highest BCUT2D eigenvalue weighted by molar-refractivity contribution is 9.12. The summed E-state index contributed by atoms with van der Waals surface area (Å²) in [6, 6.07) is 2.18. The van der Waals surface area contributed by atoms with Gasteiger partial charge in [-0.2, -0.15) is 0 Å². The van der Waals surface area contributed by atoms with Crippen LogP contribution in [0, 0.1) is 5.92 Å². The predicted octanol–water partition coefficient (Wildman–Crippen LogP) is 6.60. The molecule has 0 aliphatic carbocycles. The zero-order valence-corrected chi connectivity index (χ0v) is 29.6. The maximum Gasteiger partial charge on any atom is 0.410 e. The van der Waals surface area contributed by atoms with Crippen LogP contribution < -0.4 is 0 Å². The highest BCUT2D eigenvalue weighted by atomic mass is 79.9. The normalized spacial score (nSPS) is 19.8. The first-order valence-corrected chi connectivity index (χ1v) is 22.6. The molecule has 0 N–H and O–H groups in total. The Bertz CT molecular complexity index is 1010. The lowest BCUT2D eigenvalue weighted by Gasteiger charge is -2.36. The van der Waals surface area contributed by atoms with Gasteiger partial charge in [0.25, 0.3) is 0 Å². The van der Waals surface area contributed by atoms with Crippen molar-refractivity contribution >= 4 is 50.1 Å². The maximum absolute atomic E-state index is 12.9. The van der Waals surface area contributed by atoms with Crippen molar-refractivity contribution in [2.24, 2.45) is 16.0 Å². The van der Waals surface area contributed by atoms with Crippen LogP contribution in [0.5, 0.6) is 0 Å². The number of carbonyl (C=O) groups is 1. The Morgan fingerprint density at radius 3 is 2.25 bits per heavy atom. The molecule has 12 heteroatoms. The molecule has 1 atom stereocenters. The van der Waals surface area contributed by atoms with Crippen LogP contribution in [-0.2, 0) is 14.2 Å². The molecule has 40 heavy (non-hydrogen) atoms. The number of fused-ring (bicyclic) bond motifs is 1. The summed E-state index contributed by atoms with van der Waals surface area (Å²) in [6.07, 6.45) is 6.29. The van der Waals surface area contributed by atoms with E-state index >= 15 is 0 Å². The van der Waals surface area contributed by atoms with Crippen molar-refractivity contribution in [3.8, 4) is 0 Å². The van der Waals surface area contributed by atoms with Crippen LogP contribution in [0.4, 0.5) is 4.79 Å². The summed E-state index contributed by atoms with van der Waals surface area (Å²) >= 11 is 3.90. The number of aliphatic imine (C=N–C) groups is 1. The summed E-state index contributed by atoms with van der Waals surface area (Å²) in [7, 11) is -2.44. The van der Waals surface area contributed by atoms with Gasteiger partial charge in [-0.3, -0.25) is 0 Å². The highest BCUT2D eigenvalue weighted by Crippen LogP contribution is 2.37. The number of hydrazone groups is 1. The summed E-state index contributed by atoms with van der Waals surface area (Å²) in [4.78, 5) is 21.7. The summed E-state index contributed by atoms with van der Waals surface area (Å²) in [5.41, 5.74) is 0.368. The number of likely N-dealkylation sites (tertiary alicyclic amines) is 1. The Labute approximate surface area is 251 Å². The maximum atomic E-state index is 12.9. The number of piperidine rings is 1. The number of hydrogen-bond acceptors (Lipinski definition) is 8. The fraction of sp³-hybridized carbons (Fsp3) is 0.750. The van der Waals surface area contributed by atoms with Crippen molar-refractivity contribution in [1.82, 2.24) is 14.8 Å². The van der Waals surface area contributed by atoms with E-state index in [1.165, 1.54) is 0 Å². The fourth-order valence-electron chi connectivity index (χ4n) is 4.37. The summed E-state index contributed by atoms with van der Waals surface area (Å²) in [5.74, 6) is 1.59. The fourth-order valence-corrected chi connectivity index (χ4v) is 6.72. The Morgan fingerprint density at radius 1 is 1.10 bits per heavy atom. The third-order valence-electron chi connectivity index (χ3n) is 6.67. The van der Waals surface area contributed by atoms with Crippen molar-refractivity contribution in [3.63, 3.8) is 0 Å². The molecule has 0 aromatic heterocycles. The Balaban J connectivity index is 1.83. The third-order valence-corrected chi connectivity index (χ3v) is 10.8. The zero-order valence-electron chi connectivity index (χ0n) is 26.0. The molecule has 0 bridgehead atoms. The predicted molar refractivity (Wildman–Crippen MR) is 171 cm³/mol. The quantitative estimate of drug-likeness (QED) is 0.102. The van der Waals surface area contributed by atoms with E-state index in [1.807, 2.05) is 20.8 Å². The van der Waals surface area contributed by atoms with Crippen molar-refractivity contribution in [3.05, 3.63) is 22.2 Å². The lowest BCUT2D eigenvalue weighted by Crippen LogP contribution is -2.46. The summed E-state index contributed by atoms with van der Waals surface area (Å²) in [6.45, 7) is 23.2. The zero-order chi connectivity index (χ0) is 29.7. The molecule has 0 aromatic rings. The molecule has 224 valence electrons. The third kappa shape index (κ3) is 10.1. The topological polar surface area (TPSA) is 79.2 Å². The molecule has 0 aromatic carbocycles. The lowest BCUT2D eigenvalue weighted by atomic mass is 9.92. The Morgan fingerprint density at radius 2 is 1.70 bits per heavy atom. The van der Waals surface area contributed by atoms with E-state index in [9.17, 15) is 4.79 Å². The Hall–Kier alpha value is -1.57. The minimum atomic E-state index is -1.22. The second-order valence-corrected chi connectivity index (χ2v) is 26.2. The van der Waals surface area contributed by atoms with E-state index in [4.69, 9.17) is 19.2 Å². The largest absolute Gasteiger partial charge is 0.444 e. The molecule has 9 nitrogen and oxygen atoms in total. The number of amides is 1. The second-order valence-electron chi connectivity index (χ2n) is 14.2. The number of carbonyl (C=O) groups excluding carboxylic acids is 1. The standard InChI is InChI=1S/C28H49BrN5O4Si2/c1-28(2,3)38-27(35)32-14-10-11-22(19-32)25-24(29)26(34-23(31-25)12-13-30-34)33(20-36-15-17-39(4,5)6)21-37-16-18-40(7,8)9/h12,22H,10-11,14-21H2,1-9H3/q+1. The molecule has 3 rings (SSSR count). The van der Waals surface area contributed by atoms with Crippen molar-refractivity contribution < 1.29 is 19.0 Å². The van der Waals surface area contributed by atoms with Crippen LogP contribution in [0.1, 0.15) is 33.6 Å². The molecule has 0 saturated carbocycles. The molecule has 3 aliphatic heterocycles. The molecule has 0 spiro atoms. The molecule has 1 amide bonds. The van der Waals surface area contributed by atoms with Crippen LogP contribution in [0.3, 0.4) is 0 Å². The van der Waals surface area contributed by atoms with Gasteiger partial charge in [0.05, 0.1) is 10.2 Å². The minimum Gasteiger partial charge on any atom is -0.444 e. The Kier molecular flexibility index (Phi) is 11.2. The van der Waals surface area contributed by atoms with Crippen LogP contribution in [0.2, 0.25) is 51.4 Å². The molecular weight excluding hydrogens is 606 g/mol. The monoisotopic (exact) mass is 654 g/mol. The van der Waals surface area contributed by atoms with Crippen molar-refractivity contribution in [2.75, 3.05) is 39.8 Å². The first-order chi connectivity index (χ1) is 18.5. The van der Waals surface area contributed by atoms with Gasteiger partial charge < -0.3 is 24.0 Å². The van der Waals surface area contributed by atoms with Crippen molar-refractivity contribution in [2.45, 2.75) is 90.6 Å². The van der Waals surface area contributed by atoms with Crippen LogP contribution in [0.15, 0.2) is 32.3 Å². The van der Waals surface area contributed by atoms with E-state index in [2.05, 4.69) is 71.4 Å². The summed E-state index contributed by atoms with van der Waals surface area (Å²) in [5, 5.41) is 6.28. The minimum absolute atomic E-state index is 0.0526. The van der Waals surface area contributed by atoms with E-state index in [-0.39, 0.29) is 12.0 Å². The first-order valence-electron chi connectivity index (χ1n) is 14.4. The van der Waals surface area contributed by atoms with E-state index in [1.54, 1.807) is 16.0 Å². The average Bonchev–Trinajstić information content (AvgIpc) is 3.29. The number of nitrogens with zero attached hydrogens (tertiary/aromatic N) is 5. The number of ether oxygens (including phenoxy) is 3. The number of halogens is 1. The van der Waals surface area contributed by atoms with Gasteiger partial charge >= 0.3 is 11.9 Å². The van der Waals surface area contributed by atoms with Gasteiger partial charge in [-0.25, -0.2) is 4.79 Å². The van der Waals surface area contributed by atoms with E-state index in [0.717, 1.165) is 40.9 Å². The van der Waals surface area contributed by atoms with E-state index < -0.39 is 21.7 Å². The molecular formula is C28H49BrN5O4Si2+. The summed E-state index contributed by atoms with van der Waals surface area (Å²) < 4.78 is 18.9. The van der Waals surface area contributed by atoms with Gasteiger partial charge in [0.2, 0.25) is 12.3 Å². The van der Waals surface area contributed by atoms with Gasteiger partial charge in [-0.1, -0.05) is 44.3 Å². The van der Waals surface area contributed by atoms with Crippen LogP contribution >= 0.6 is 15.9 Å². The molecule has 3 heterocycles. The molecule has 1 saturated heterocycles. The second kappa shape index (κ2) is 13.6. The highest BCUT2D eigenvalue weighted by Gasteiger charge is 2.42. The van der Waals surface area contributed by atoms with E-state index in [0.29, 0.717) is 45.6 Å². The van der Waals surface area contributed by atoms with Crippen molar-refractivity contribution in [1.29, 1.82) is 0 Å². The SMILES string of the molecule is CC(C)(C)OC(=O)N1CCCC(C2=NC3=C[C+]=NN3C(N(COCC[Si](C)(C)C)COCC[Si](C)(C)C)=C2Br)C1. The smallest absolute Gasteiger partial charge is 0.410 e. The molecule has 1 fully saturated rings. The van der Waals surface area contributed by atoms with Gasteiger partial charge in [0.15, 0.2) is 5.82 Å². The van der Waals surface area contributed by atoms with Gasteiger partial charge in [-0.05, 0) is 61.6 Å². The van der Waals surface area contributed by atoms with Gasteiger partial charge in [0.1, 0.15) is 19.1 Å². The van der Waals surface area contributed by atoms with Gasteiger partial charge in [-0.15, -0.1) is 4.99 Å². The lowest BCUT2D eigenvalue weighted by molar-refractivity contribution is -0.0330. The first kappa shape index (κ1) is 32.9. The molecule has 0 radical (unpaired) electrons. The number of allylic oxidation sites excluding steroid dienone is 2. The molecule has 3 aliphatic rings. The number of hydrogen-bond donors (Lipinski definition) is 0. The van der Waals surface area contributed by atoms with Gasteiger partial charge in [0, 0.05) is 53.5 Å².